The first-order chi connectivity index (χ1) is 8.63. The highest BCUT2D eigenvalue weighted by Crippen LogP contribution is 2.35. The van der Waals surface area contributed by atoms with Gasteiger partial charge in [0.25, 0.3) is 0 Å². The molecule has 1 atom stereocenters. The van der Waals surface area contributed by atoms with Gasteiger partial charge in [0.05, 0.1) is 10.7 Å². The largest absolute Gasteiger partial charge is 0.330 e. The van der Waals surface area contributed by atoms with E-state index in [-0.39, 0.29) is 5.82 Å². The average Bonchev–Trinajstić information content (AvgIpc) is 2.72. The van der Waals surface area contributed by atoms with Crippen LogP contribution >= 0.6 is 11.3 Å². The fourth-order valence-corrected chi connectivity index (χ4v) is 3.03. The quantitative estimate of drug-likeness (QED) is 0.914. The highest BCUT2D eigenvalue weighted by molar-refractivity contribution is 7.12. The molecule has 0 radical (unpaired) electrons. The van der Waals surface area contributed by atoms with Gasteiger partial charge in [-0.1, -0.05) is 19.1 Å². The second kappa shape index (κ2) is 5.59. The summed E-state index contributed by atoms with van der Waals surface area (Å²) in [6, 6.07) is 6.79. The van der Waals surface area contributed by atoms with Crippen molar-refractivity contribution in [2.75, 3.05) is 6.54 Å². The molecule has 1 aromatic heterocycles. The zero-order chi connectivity index (χ0) is 13.1. The van der Waals surface area contributed by atoms with Crippen LogP contribution in [0.5, 0.6) is 0 Å². The van der Waals surface area contributed by atoms with Crippen LogP contribution in [0.2, 0.25) is 0 Å². The number of hydrogen-bond donors (Lipinski definition) is 1. The van der Waals surface area contributed by atoms with Crippen molar-refractivity contribution >= 4 is 11.3 Å². The molecule has 0 aliphatic heterocycles. The summed E-state index contributed by atoms with van der Waals surface area (Å²) in [7, 11) is 0. The molecule has 0 fully saturated rings. The van der Waals surface area contributed by atoms with Crippen molar-refractivity contribution in [2.24, 2.45) is 5.73 Å². The van der Waals surface area contributed by atoms with Gasteiger partial charge in [0.15, 0.2) is 0 Å². The molecule has 2 nitrogen and oxygen atoms in total. The molecule has 4 heteroatoms. The average molecular weight is 264 g/mol. The lowest BCUT2D eigenvalue weighted by Gasteiger charge is -2.10. The van der Waals surface area contributed by atoms with Crippen LogP contribution in [0, 0.1) is 12.7 Å². The van der Waals surface area contributed by atoms with Crippen LogP contribution in [0.25, 0.3) is 11.3 Å². The number of aryl methyl sites for hydroxylation is 1. The van der Waals surface area contributed by atoms with E-state index in [9.17, 15) is 4.39 Å². The second-order valence-corrected chi connectivity index (χ2v) is 5.64. The third-order valence-electron chi connectivity index (χ3n) is 2.94. The predicted octanol–water partition coefficient (Wildman–Crippen LogP) is 3.71. The van der Waals surface area contributed by atoms with Gasteiger partial charge in [0.2, 0.25) is 0 Å². The zero-order valence-electron chi connectivity index (χ0n) is 10.6. The molecule has 0 bridgehead atoms. The SMILES string of the molecule is Cc1nc(-c2ccccc2F)c(C(C)CCN)s1. The lowest BCUT2D eigenvalue weighted by Crippen LogP contribution is -2.04. The lowest BCUT2D eigenvalue weighted by molar-refractivity contribution is 0.630. The minimum Gasteiger partial charge on any atom is -0.330 e. The summed E-state index contributed by atoms with van der Waals surface area (Å²) >= 11 is 1.63. The van der Waals surface area contributed by atoms with Crippen molar-refractivity contribution in [3.05, 3.63) is 40.0 Å². The first kappa shape index (κ1) is 13.2. The van der Waals surface area contributed by atoms with E-state index < -0.39 is 0 Å². The van der Waals surface area contributed by atoms with Crippen LogP contribution in [0.3, 0.4) is 0 Å². The van der Waals surface area contributed by atoms with Crippen LogP contribution in [-0.4, -0.2) is 11.5 Å². The standard InChI is InChI=1S/C14H17FN2S/c1-9(7-8-16)14-13(17-10(2)18-14)11-5-3-4-6-12(11)15/h3-6,9H,7-8,16H2,1-2H3. The molecular weight excluding hydrogens is 247 g/mol. The Morgan fingerprint density at radius 1 is 1.39 bits per heavy atom. The van der Waals surface area contributed by atoms with Gasteiger partial charge in [-0.2, -0.15) is 0 Å². The van der Waals surface area contributed by atoms with E-state index in [0.717, 1.165) is 22.0 Å². The van der Waals surface area contributed by atoms with Gasteiger partial charge in [-0.25, -0.2) is 9.37 Å². The number of halogens is 1. The minimum atomic E-state index is -0.219. The number of aromatic nitrogens is 1. The highest BCUT2D eigenvalue weighted by Gasteiger charge is 2.18. The number of benzene rings is 1. The second-order valence-electron chi connectivity index (χ2n) is 4.40. The molecule has 1 unspecified atom stereocenters. The van der Waals surface area contributed by atoms with Crippen LogP contribution in [-0.2, 0) is 0 Å². The van der Waals surface area contributed by atoms with Gasteiger partial charge in [0, 0.05) is 10.4 Å². The summed E-state index contributed by atoms with van der Waals surface area (Å²) < 4.78 is 13.9. The summed E-state index contributed by atoms with van der Waals surface area (Å²) in [4.78, 5) is 5.61. The van der Waals surface area contributed by atoms with Crippen LogP contribution in [0.1, 0.15) is 29.1 Å². The van der Waals surface area contributed by atoms with Gasteiger partial charge < -0.3 is 5.73 Å². The van der Waals surface area contributed by atoms with Crippen LogP contribution < -0.4 is 5.73 Å². The normalized spacial score (nSPS) is 12.7. The third kappa shape index (κ3) is 2.60. The maximum atomic E-state index is 13.9. The lowest BCUT2D eigenvalue weighted by atomic mass is 10.0. The van der Waals surface area contributed by atoms with Crippen molar-refractivity contribution in [3.8, 4) is 11.3 Å². The summed E-state index contributed by atoms with van der Waals surface area (Å²) in [6.45, 7) is 4.70. The molecule has 0 aliphatic carbocycles. The predicted molar refractivity (Wildman–Crippen MR) is 74.3 cm³/mol. The molecule has 18 heavy (non-hydrogen) atoms. The number of rotatable bonds is 4. The van der Waals surface area contributed by atoms with Crippen molar-refractivity contribution in [1.82, 2.24) is 4.98 Å². The topological polar surface area (TPSA) is 38.9 Å². The maximum absolute atomic E-state index is 13.9. The van der Waals surface area contributed by atoms with Crippen LogP contribution in [0.15, 0.2) is 24.3 Å². The van der Waals surface area contributed by atoms with Crippen molar-refractivity contribution < 1.29 is 4.39 Å². The van der Waals surface area contributed by atoms with Gasteiger partial charge in [-0.15, -0.1) is 11.3 Å². The number of nitrogens with two attached hydrogens (primary N) is 1. The Bertz CT molecular complexity index is 536. The van der Waals surface area contributed by atoms with E-state index in [1.807, 2.05) is 13.0 Å². The fourth-order valence-electron chi connectivity index (χ4n) is 2.00. The van der Waals surface area contributed by atoms with Crippen molar-refractivity contribution in [1.29, 1.82) is 0 Å². The van der Waals surface area contributed by atoms with E-state index in [0.29, 0.717) is 18.0 Å². The Morgan fingerprint density at radius 3 is 2.78 bits per heavy atom. The Kier molecular flexibility index (Phi) is 4.09. The monoisotopic (exact) mass is 264 g/mol. The van der Waals surface area contributed by atoms with E-state index in [1.54, 1.807) is 23.5 Å². The number of thiazole rings is 1. The molecule has 2 aromatic rings. The van der Waals surface area contributed by atoms with Crippen molar-refractivity contribution in [2.45, 2.75) is 26.2 Å². The molecule has 96 valence electrons. The van der Waals surface area contributed by atoms with Gasteiger partial charge >= 0.3 is 0 Å². The molecule has 0 aliphatic rings. The van der Waals surface area contributed by atoms with Gasteiger partial charge in [0.1, 0.15) is 5.82 Å². The number of hydrogen-bond acceptors (Lipinski definition) is 3. The molecule has 2 N–H and O–H groups in total. The first-order valence-electron chi connectivity index (χ1n) is 6.05. The van der Waals surface area contributed by atoms with E-state index >= 15 is 0 Å². The summed E-state index contributed by atoms with van der Waals surface area (Å²) in [5, 5.41) is 0.965. The van der Waals surface area contributed by atoms with E-state index in [1.165, 1.54) is 6.07 Å². The Morgan fingerprint density at radius 2 is 2.11 bits per heavy atom. The Balaban J connectivity index is 2.48. The summed E-state index contributed by atoms with van der Waals surface area (Å²) in [5.74, 6) is 0.0970. The fraction of sp³-hybridized carbons (Fsp3) is 0.357. The Hall–Kier alpha value is -1.26. The van der Waals surface area contributed by atoms with E-state index in [4.69, 9.17) is 5.73 Å². The minimum absolute atomic E-state index is 0.219. The van der Waals surface area contributed by atoms with E-state index in [2.05, 4.69) is 11.9 Å². The molecule has 0 amide bonds. The molecule has 0 saturated carbocycles. The molecule has 1 aromatic carbocycles. The smallest absolute Gasteiger partial charge is 0.132 e. The van der Waals surface area contributed by atoms with Gasteiger partial charge in [-0.3, -0.25) is 0 Å². The molecular formula is C14H17FN2S. The van der Waals surface area contributed by atoms with Crippen LogP contribution in [0.4, 0.5) is 4.39 Å². The summed E-state index contributed by atoms with van der Waals surface area (Å²) in [6.07, 6.45) is 0.892. The summed E-state index contributed by atoms with van der Waals surface area (Å²) in [5.41, 5.74) is 6.96. The maximum Gasteiger partial charge on any atom is 0.132 e. The Labute approximate surface area is 111 Å². The molecule has 1 heterocycles. The molecule has 0 saturated heterocycles. The van der Waals surface area contributed by atoms with Gasteiger partial charge in [-0.05, 0) is 37.9 Å². The molecule has 2 rings (SSSR count). The third-order valence-corrected chi connectivity index (χ3v) is 4.14. The first-order valence-corrected chi connectivity index (χ1v) is 6.87. The molecule has 0 spiro atoms. The van der Waals surface area contributed by atoms with Crippen molar-refractivity contribution in [3.63, 3.8) is 0 Å². The zero-order valence-corrected chi connectivity index (χ0v) is 11.4. The number of nitrogens with zero attached hydrogens (tertiary/aromatic N) is 1. The highest BCUT2D eigenvalue weighted by atomic mass is 32.1.